The minimum Gasteiger partial charge on any atom is -0.486 e. The molecule has 226 valence electrons. The molecule has 40 heavy (non-hydrogen) atoms. The van der Waals surface area contributed by atoms with Crippen LogP contribution in [0, 0.1) is 0 Å². The molecule has 10 heteroatoms. The lowest BCUT2D eigenvalue weighted by Crippen LogP contribution is -2.48. The van der Waals surface area contributed by atoms with Gasteiger partial charge in [-0.3, -0.25) is 4.79 Å². The summed E-state index contributed by atoms with van der Waals surface area (Å²) in [4.78, 5) is 28.3. The van der Waals surface area contributed by atoms with Crippen LogP contribution in [-0.2, 0) is 28.5 Å². The van der Waals surface area contributed by atoms with Gasteiger partial charge in [-0.2, -0.15) is 0 Å². The molecule has 0 spiro atoms. The first kappa shape index (κ1) is 32.1. The van der Waals surface area contributed by atoms with Crippen molar-refractivity contribution in [1.82, 2.24) is 10.2 Å². The lowest BCUT2D eigenvalue weighted by atomic mass is 10.00. The van der Waals surface area contributed by atoms with Crippen LogP contribution in [0.5, 0.6) is 11.5 Å². The second-order valence-corrected chi connectivity index (χ2v) is 10.3. The van der Waals surface area contributed by atoms with Crippen LogP contribution >= 0.6 is 0 Å². The molecule has 10 nitrogen and oxygen atoms in total. The molecule has 0 aromatic heterocycles. The zero-order valence-electron chi connectivity index (χ0n) is 24.3. The van der Waals surface area contributed by atoms with Gasteiger partial charge in [0.25, 0.3) is 0 Å². The zero-order valence-corrected chi connectivity index (χ0v) is 24.3. The van der Waals surface area contributed by atoms with Crippen molar-refractivity contribution in [3.8, 4) is 11.5 Å². The Morgan fingerprint density at radius 3 is 2.45 bits per heavy atom. The van der Waals surface area contributed by atoms with E-state index >= 15 is 0 Å². The number of hydrogen-bond donors (Lipinski definition) is 1. The standard InChI is InChI=1S/C30H48N2O8/c1-3-4-5-6-7-10-28(33)31-25(22-32-13-8-9-14-32)30(24-11-12-26-27(21-24)39-20-19-38-26)40-29(34)23-37-18-17-36-16-15-35-2/h11-12,21,25,30H,3-10,13-20,22-23H2,1-2H3,(H,31,33). The topological polar surface area (TPSA) is 105 Å². The van der Waals surface area contributed by atoms with Crippen molar-refractivity contribution in [3.63, 3.8) is 0 Å². The number of fused-ring (bicyclic) bond motifs is 1. The summed E-state index contributed by atoms with van der Waals surface area (Å²) in [5.74, 6) is 0.737. The van der Waals surface area contributed by atoms with Crippen LogP contribution in [0.15, 0.2) is 18.2 Å². The molecule has 2 aliphatic heterocycles. The third kappa shape index (κ3) is 11.6. The Bertz CT molecular complexity index is 877. The van der Waals surface area contributed by atoms with E-state index in [2.05, 4.69) is 17.1 Å². The van der Waals surface area contributed by atoms with Gasteiger partial charge in [-0.15, -0.1) is 0 Å². The number of methoxy groups -OCH3 is 1. The maximum atomic E-state index is 13.1. The summed E-state index contributed by atoms with van der Waals surface area (Å²) in [5.41, 5.74) is 0.743. The van der Waals surface area contributed by atoms with Crippen LogP contribution < -0.4 is 14.8 Å². The Morgan fingerprint density at radius 2 is 1.68 bits per heavy atom. The molecule has 2 atom stereocenters. The minimum atomic E-state index is -0.713. The first-order valence-electron chi connectivity index (χ1n) is 14.9. The van der Waals surface area contributed by atoms with E-state index in [1.165, 1.54) is 6.42 Å². The number of esters is 1. The first-order valence-corrected chi connectivity index (χ1v) is 14.9. The maximum Gasteiger partial charge on any atom is 0.332 e. The molecule has 2 unspecified atom stereocenters. The average molecular weight is 565 g/mol. The van der Waals surface area contributed by atoms with E-state index in [4.69, 9.17) is 28.4 Å². The van der Waals surface area contributed by atoms with Gasteiger partial charge in [0, 0.05) is 20.1 Å². The molecule has 2 aliphatic rings. The van der Waals surface area contributed by atoms with E-state index in [9.17, 15) is 9.59 Å². The van der Waals surface area contributed by atoms with Gasteiger partial charge in [-0.25, -0.2) is 4.79 Å². The molecule has 0 saturated carbocycles. The number of nitrogens with one attached hydrogen (secondary N) is 1. The van der Waals surface area contributed by atoms with Crippen LogP contribution in [0.4, 0.5) is 0 Å². The highest BCUT2D eigenvalue weighted by Crippen LogP contribution is 2.35. The molecule has 1 saturated heterocycles. The van der Waals surface area contributed by atoms with Gasteiger partial charge >= 0.3 is 5.97 Å². The second-order valence-electron chi connectivity index (χ2n) is 10.3. The molecule has 0 aliphatic carbocycles. The van der Waals surface area contributed by atoms with Gasteiger partial charge in [0.15, 0.2) is 11.5 Å². The number of carbonyl (C=O) groups is 2. The van der Waals surface area contributed by atoms with Crippen LogP contribution in [0.2, 0.25) is 0 Å². The molecule has 2 heterocycles. The summed E-state index contributed by atoms with van der Waals surface area (Å²) in [6.07, 6.45) is 7.33. The third-order valence-electron chi connectivity index (χ3n) is 7.05. The van der Waals surface area contributed by atoms with Crippen molar-refractivity contribution in [1.29, 1.82) is 0 Å². The molecule has 1 fully saturated rings. The van der Waals surface area contributed by atoms with Gasteiger partial charge < -0.3 is 38.6 Å². The zero-order chi connectivity index (χ0) is 28.4. The van der Waals surface area contributed by atoms with E-state index in [1.54, 1.807) is 7.11 Å². The van der Waals surface area contributed by atoms with Gasteiger partial charge in [0.05, 0.1) is 32.5 Å². The smallest absolute Gasteiger partial charge is 0.332 e. The molecular formula is C30H48N2O8. The summed E-state index contributed by atoms with van der Waals surface area (Å²) < 4.78 is 33.4. The SMILES string of the molecule is CCCCCCCC(=O)NC(CN1CCCC1)C(OC(=O)COCCOCCOC)c1ccc2c(c1)OCCO2. The predicted molar refractivity (Wildman–Crippen MR) is 151 cm³/mol. The van der Waals surface area contributed by atoms with E-state index in [1.807, 2.05) is 18.2 Å². The first-order chi connectivity index (χ1) is 19.6. The van der Waals surface area contributed by atoms with Crippen LogP contribution in [-0.4, -0.2) is 95.8 Å². The number of hydrogen-bond acceptors (Lipinski definition) is 9. The number of likely N-dealkylation sites (tertiary alicyclic amines) is 1. The van der Waals surface area contributed by atoms with Gasteiger partial charge in [0.1, 0.15) is 25.9 Å². The number of unbranched alkanes of at least 4 members (excludes halogenated alkanes) is 4. The Morgan fingerprint density at radius 1 is 0.950 bits per heavy atom. The van der Waals surface area contributed by atoms with Crippen molar-refractivity contribution in [2.75, 3.05) is 73.0 Å². The lowest BCUT2D eigenvalue weighted by molar-refractivity contribution is -0.158. The molecule has 1 aromatic rings. The number of amides is 1. The Balaban J connectivity index is 1.70. The Hall–Kier alpha value is -2.40. The highest BCUT2D eigenvalue weighted by Gasteiger charge is 2.32. The molecule has 0 radical (unpaired) electrons. The lowest BCUT2D eigenvalue weighted by Gasteiger charge is -2.32. The number of benzene rings is 1. The average Bonchev–Trinajstić information content (AvgIpc) is 3.48. The Kier molecular flexibility index (Phi) is 15.1. The maximum absolute atomic E-state index is 13.1. The van der Waals surface area contributed by atoms with Crippen molar-refractivity contribution in [2.24, 2.45) is 0 Å². The summed E-state index contributed by atoms with van der Waals surface area (Å²) in [5, 5.41) is 3.21. The van der Waals surface area contributed by atoms with Crippen LogP contribution in [0.3, 0.4) is 0 Å². The van der Waals surface area contributed by atoms with Gasteiger partial charge in [0.2, 0.25) is 5.91 Å². The fraction of sp³-hybridized carbons (Fsp3) is 0.733. The molecule has 1 N–H and O–H groups in total. The highest BCUT2D eigenvalue weighted by atomic mass is 16.6. The fourth-order valence-corrected chi connectivity index (χ4v) is 4.94. The quantitative estimate of drug-likeness (QED) is 0.188. The van der Waals surface area contributed by atoms with E-state index in [-0.39, 0.29) is 19.1 Å². The summed E-state index contributed by atoms with van der Waals surface area (Å²) in [7, 11) is 1.61. The van der Waals surface area contributed by atoms with Gasteiger partial charge in [-0.1, -0.05) is 38.7 Å². The van der Waals surface area contributed by atoms with Crippen LogP contribution in [0.1, 0.15) is 70.0 Å². The van der Waals surface area contributed by atoms with E-state index in [0.29, 0.717) is 57.5 Å². The Labute approximate surface area is 238 Å². The molecule has 1 amide bonds. The van der Waals surface area contributed by atoms with Crippen LogP contribution in [0.25, 0.3) is 0 Å². The molecule has 0 bridgehead atoms. The summed E-state index contributed by atoms with van der Waals surface area (Å²) in [6.45, 7) is 6.99. The molecule has 3 rings (SSSR count). The summed E-state index contributed by atoms with van der Waals surface area (Å²) in [6, 6.07) is 5.14. The number of nitrogens with zero attached hydrogens (tertiary/aromatic N) is 1. The fourth-order valence-electron chi connectivity index (χ4n) is 4.94. The number of carbonyl (C=O) groups excluding carboxylic acids is 2. The van der Waals surface area contributed by atoms with Gasteiger partial charge in [-0.05, 0) is 50.0 Å². The summed E-state index contributed by atoms with van der Waals surface area (Å²) >= 11 is 0. The molecule has 1 aromatic carbocycles. The number of rotatable bonds is 20. The minimum absolute atomic E-state index is 0.0243. The number of ether oxygens (including phenoxy) is 6. The predicted octanol–water partition coefficient (Wildman–Crippen LogP) is 3.66. The van der Waals surface area contributed by atoms with Crippen molar-refractivity contribution in [2.45, 2.75) is 70.4 Å². The van der Waals surface area contributed by atoms with E-state index < -0.39 is 18.1 Å². The second kappa shape index (κ2) is 18.9. The molecular weight excluding hydrogens is 516 g/mol. The van der Waals surface area contributed by atoms with Crippen molar-refractivity contribution in [3.05, 3.63) is 23.8 Å². The highest BCUT2D eigenvalue weighted by molar-refractivity contribution is 5.76. The van der Waals surface area contributed by atoms with Crippen molar-refractivity contribution < 1.29 is 38.0 Å². The largest absolute Gasteiger partial charge is 0.486 e. The third-order valence-corrected chi connectivity index (χ3v) is 7.05. The van der Waals surface area contributed by atoms with Crippen molar-refractivity contribution >= 4 is 11.9 Å². The normalized spacial score (nSPS) is 16.4. The monoisotopic (exact) mass is 564 g/mol. The van der Waals surface area contributed by atoms with E-state index in [0.717, 1.165) is 57.2 Å².